The largest absolute Gasteiger partial charge is 0.367 e. The predicted octanol–water partition coefficient (Wildman–Crippen LogP) is 2.57. The van der Waals surface area contributed by atoms with Crippen LogP contribution in [0.2, 0.25) is 0 Å². The predicted molar refractivity (Wildman–Crippen MR) is 81.5 cm³/mol. The Morgan fingerprint density at radius 1 is 1.13 bits per heavy atom. The van der Waals surface area contributed by atoms with Crippen molar-refractivity contribution in [1.82, 2.24) is 0 Å². The molecule has 0 bridgehead atoms. The van der Waals surface area contributed by atoms with Gasteiger partial charge in [0, 0.05) is 12.8 Å². The Morgan fingerprint density at radius 3 is 2.65 bits per heavy atom. The third-order valence-corrected chi connectivity index (χ3v) is 4.92. The van der Waals surface area contributed by atoms with E-state index in [-0.39, 0.29) is 6.10 Å². The zero-order valence-corrected chi connectivity index (χ0v) is 13.1. The Labute approximate surface area is 135 Å². The van der Waals surface area contributed by atoms with Crippen molar-refractivity contribution in [2.24, 2.45) is 0 Å². The number of aldehydes is 1. The molecule has 2 aliphatic heterocycles. The molecule has 1 saturated carbocycles. The first-order valence-electron chi connectivity index (χ1n) is 8.42. The SMILES string of the molecule is O=C[C@H]1O[C@@H]2OC3(CCCCC3)O[C@@H]2[C@H]1OCc1ccccc1. The molecule has 23 heavy (non-hydrogen) atoms. The van der Waals surface area contributed by atoms with Crippen LogP contribution in [-0.2, 0) is 30.3 Å². The third-order valence-electron chi connectivity index (χ3n) is 4.92. The molecule has 1 spiro atoms. The van der Waals surface area contributed by atoms with Gasteiger partial charge in [0.1, 0.15) is 18.3 Å². The van der Waals surface area contributed by atoms with Crippen LogP contribution in [0.5, 0.6) is 0 Å². The highest BCUT2D eigenvalue weighted by Crippen LogP contribution is 2.45. The highest BCUT2D eigenvalue weighted by atomic mass is 16.8. The van der Waals surface area contributed by atoms with Gasteiger partial charge < -0.3 is 23.7 Å². The van der Waals surface area contributed by atoms with Gasteiger partial charge in [-0.1, -0.05) is 36.8 Å². The molecule has 0 aromatic heterocycles. The minimum atomic E-state index is -0.630. The van der Waals surface area contributed by atoms with Crippen molar-refractivity contribution < 1.29 is 23.7 Å². The van der Waals surface area contributed by atoms with Gasteiger partial charge >= 0.3 is 0 Å². The first kappa shape index (κ1) is 15.3. The third kappa shape index (κ3) is 2.94. The first-order valence-corrected chi connectivity index (χ1v) is 8.42. The molecule has 3 aliphatic rings. The van der Waals surface area contributed by atoms with Crippen LogP contribution in [0.3, 0.4) is 0 Å². The average Bonchev–Trinajstić information content (AvgIpc) is 3.08. The van der Waals surface area contributed by atoms with Gasteiger partial charge in [-0.3, -0.25) is 0 Å². The molecule has 1 aromatic rings. The number of carbonyl (C=O) groups excluding carboxylic acids is 1. The van der Waals surface area contributed by atoms with E-state index < -0.39 is 24.3 Å². The van der Waals surface area contributed by atoms with Gasteiger partial charge in [-0.05, 0) is 18.4 Å². The summed E-state index contributed by atoms with van der Waals surface area (Å²) in [7, 11) is 0. The van der Waals surface area contributed by atoms with Gasteiger partial charge in [0.05, 0.1) is 6.61 Å². The van der Waals surface area contributed by atoms with Crippen LogP contribution in [0.1, 0.15) is 37.7 Å². The minimum absolute atomic E-state index is 0.327. The molecule has 4 atom stereocenters. The molecule has 0 unspecified atom stereocenters. The van der Waals surface area contributed by atoms with Crippen LogP contribution >= 0.6 is 0 Å². The van der Waals surface area contributed by atoms with E-state index in [9.17, 15) is 4.79 Å². The summed E-state index contributed by atoms with van der Waals surface area (Å²) in [4.78, 5) is 11.3. The van der Waals surface area contributed by atoms with Gasteiger partial charge in [0.15, 0.2) is 18.4 Å². The topological polar surface area (TPSA) is 54.0 Å². The fourth-order valence-electron chi connectivity index (χ4n) is 3.75. The highest BCUT2D eigenvalue weighted by molar-refractivity contribution is 5.58. The van der Waals surface area contributed by atoms with E-state index in [4.69, 9.17) is 18.9 Å². The minimum Gasteiger partial charge on any atom is -0.367 e. The standard InChI is InChI=1S/C18H22O5/c19-11-14-15(20-12-13-7-3-1-4-8-13)16-17(21-14)23-18(22-16)9-5-2-6-10-18/h1,3-4,7-8,11,14-17H,2,5-6,9-10,12H2/t14-,15+,16-,17-/m1/s1. The summed E-state index contributed by atoms with van der Waals surface area (Å²) in [5.41, 5.74) is 1.06. The maximum absolute atomic E-state index is 11.3. The molecule has 0 N–H and O–H groups in total. The zero-order valence-electron chi connectivity index (χ0n) is 13.1. The molecule has 5 nitrogen and oxygen atoms in total. The summed E-state index contributed by atoms with van der Waals surface area (Å²) >= 11 is 0. The molecule has 0 amide bonds. The molecule has 0 radical (unpaired) electrons. The molecular formula is C18H22O5. The van der Waals surface area contributed by atoms with Gasteiger partial charge in [-0.15, -0.1) is 0 Å². The smallest absolute Gasteiger partial charge is 0.190 e. The van der Waals surface area contributed by atoms with E-state index >= 15 is 0 Å². The Bertz CT molecular complexity index is 540. The zero-order chi connectivity index (χ0) is 15.7. The Kier molecular flexibility index (Phi) is 4.20. The maximum Gasteiger partial charge on any atom is 0.190 e. The lowest BCUT2D eigenvalue weighted by Crippen LogP contribution is -2.40. The van der Waals surface area contributed by atoms with E-state index in [2.05, 4.69) is 0 Å². The van der Waals surface area contributed by atoms with Crippen molar-refractivity contribution in [2.75, 3.05) is 0 Å². The quantitative estimate of drug-likeness (QED) is 0.799. The number of rotatable bonds is 4. The first-order chi connectivity index (χ1) is 11.3. The maximum atomic E-state index is 11.3. The number of benzene rings is 1. The normalized spacial score (nSPS) is 35.3. The summed E-state index contributed by atoms with van der Waals surface area (Å²) < 4.78 is 24.0. The lowest BCUT2D eigenvalue weighted by atomic mass is 9.94. The van der Waals surface area contributed by atoms with E-state index in [0.29, 0.717) is 6.61 Å². The van der Waals surface area contributed by atoms with Crippen LogP contribution in [0.4, 0.5) is 0 Å². The molecule has 2 saturated heterocycles. The lowest BCUT2D eigenvalue weighted by molar-refractivity contribution is -0.245. The van der Waals surface area contributed by atoms with E-state index in [1.54, 1.807) is 0 Å². The number of carbonyl (C=O) groups is 1. The summed E-state index contributed by atoms with van der Waals surface area (Å²) in [5, 5.41) is 0. The second kappa shape index (κ2) is 6.32. The van der Waals surface area contributed by atoms with E-state index in [0.717, 1.165) is 37.5 Å². The molecular weight excluding hydrogens is 296 g/mol. The van der Waals surface area contributed by atoms with Gasteiger partial charge in [0.25, 0.3) is 0 Å². The van der Waals surface area contributed by atoms with Crippen molar-refractivity contribution in [3.8, 4) is 0 Å². The van der Waals surface area contributed by atoms with Crippen LogP contribution in [0, 0.1) is 0 Å². The van der Waals surface area contributed by atoms with Crippen LogP contribution < -0.4 is 0 Å². The monoisotopic (exact) mass is 318 g/mol. The number of hydrogen-bond donors (Lipinski definition) is 0. The molecule has 1 aliphatic carbocycles. The fraction of sp³-hybridized carbons (Fsp3) is 0.611. The summed E-state index contributed by atoms with van der Waals surface area (Å²) in [6, 6.07) is 9.90. The van der Waals surface area contributed by atoms with Crippen LogP contribution in [0.25, 0.3) is 0 Å². The molecule has 2 heterocycles. The molecule has 3 fully saturated rings. The molecule has 5 heteroatoms. The van der Waals surface area contributed by atoms with Crippen LogP contribution in [-0.4, -0.2) is 36.7 Å². The van der Waals surface area contributed by atoms with Crippen LogP contribution in [0.15, 0.2) is 30.3 Å². The van der Waals surface area contributed by atoms with Crippen molar-refractivity contribution in [2.45, 2.75) is 69.1 Å². The highest BCUT2D eigenvalue weighted by Gasteiger charge is 2.58. The number of fused-ring (bicyclic) bond motifs is 1. The van der Waals surface area contributed by atoms with Gasteiger partial charge in [-0.25, -0.2) is 0 Å². The van der Waals surface area contributed by atoms with E-state index in [1.165, 1.54) is 6.42 Å². The molecule has 124 valence electrons. The Balaban J connectivity index is 1.45. The van der Waals surface area contributed by atoms with E-state index in [1.807, 2.05) is 30.3 Å². The summed E-state index contributed by atoms with van der Waals surface area (Å²) in [6.07, 6.45) is 4.12. The summed E-state index contributed by atoms with van der Waals surface area (Å²) in [5.74, 6) is -0.532. The molecule has 4 rings (SSSR count). The van der Waals surface area contributed by atoms with Gasteiger partial charge in [-0.2, -0.15) is 0 Å². The van der Waals surface area contributed by atoms with Crippen molar-refractivity contribution >= 4 is 6.29 Å². The number of hydrogen-bond acceptors (Lipinski definition) is 5. The Hall–Kier alpha value is -1.27. The van der Waals surface area contributed by atoms with Crippen molar-refractivity contribution in [3.63, 3.8) is 0 Å². The van der Waals surface area contributed by atoms with Crippen molar-refractivity contribution in [1.29, 1.82) is 0 Å². The van der Waals surface area contributed by atoms with Gasteiger partial charge in [0.2, 0.25) is 0 Å². The number of ether oxygens (including phenoxy) is 4. The lowest BCUT2D eigenvalue weighted by Gasteiger charge is -2.33. The Morgan fingerprint density at radius 2 is 1.91 bits per heavy atom. The second-order valence-electron chi connectivity index (χ2n) is 6.54. The molecule has 1 aromatic carbocycles. The fourth-order valence-corrected chi connectivity index (χ4v) is 3.75. The summed E-state index contributed by atoms with van der Waals surface area (Å²) in [6.45, 7) is 0.429. The average molecular weight is 318 g/mol. The van der Waals surface area contributed by atoms with Crippen molar-refractivity contribution in [3.05, 3.63) is 35.9 Å². The second-order valence-corrected chi connectivity index (χ2v) is 6.54.